The second-order valence-electron chi connectivity index (χ2n) is 9.20. The van der Waals surface area contributed by atoms with Crippen LogP contribution in [0.25, 0.3) is 0 Å². The molecule has 0 radical (unpaired) electrons. The summed E-state index contributed by atoms with van der Waals surface area (Å²) < 4.78 is 0. The van der Waals surface area contributed by atoms with Gasteiger partial charge in [-0.05, 0) is 58.8 Å². The van der Waals surface area contributed by atoms with Gasteiger partial charge in [0, 0.05) is 32.5 Å². The van der Waals surface area contributed by atoms with Gasteiger partial charge in [-0.15, -0.1) is 45.3 Å². The van der Waals surface area contributed by atoms with E-state index in [1.807, 2.05) is 34.1 Å². The van der Waals surface area contributed by atoms with Crippen LogP contribution in [0, 0.1) is 0 Å². The van der Waals surface area contributed by atoms with Crippen LogP contribution in [0.5, 0.6) is 0 Å². The van der Waals surface area contributed by atoms with E-state index < -0.39 is 0 Å². The molecule has 0 atom stereocenters. The summed E-state index contributed by atoms with van der Waals surface area (Å²) in [6.07, 6.45) is 2.46. The Morgan fingerprint density at radius 2 is 1.05 bits per heavy atom. The number of thiophene rings is 4. The third-order valence-corrected chi connectivity index (χ3v) is 9.69. The fraction of sp³-hybridized carbons (Fsp3) is 0.379. The molecule has 0 aliphatic carbocycles. The molecule has 0 aromatic carbocycles. The number of hydrogen-bond acceptors (Lipinski definition) is 7. The Kier molecular flexibility index (Phi) is 11.6. The van der Waals surface area contributed by atoms with Crippen molar-refractivity contribution in [1.29, 1.82) is 0 Å². The van der Waals surface area contributed by atoms with Gasteiger partial charge in [-0.2, -0.15) is 0 Å². The van der Waals surface area contributed by atoms with Crippen molar-refractivity contribution in [3.05, 3.63) is 89.6 Å². The number of hydrogen-bond donors (Lipinski definition) is 0. The van der Waals surface area contributed by atoms with Crippen LogP contribution in [0.1, 0.15) is 45.7 Å². The summed E-state index contributed by atoms with van der Waals surface area (Å²) in [5.41, 5.74) is 0. The van der Waals surface area contributed by atoms with Gasteiger partial charge in [-0.1, -0.05) is 37.6 Å². The van der Waals surface area contributed by atoms with E-state index in [9.17, 15) is 9.59 Å². The minimum absolute atomic E-state index is 0.115. The molecule has 4 rings (SSSR count). The average Bonchev–Trinajstić information content (AvgIpc) is 3.74. The molecule has 0 aliphatic heterocycles. The zero-order valence-electron chi connectivity index (χ0n) is 21.8. The summed E-state index contributed by atoms with van der Waals surface area (Å²) in [5.74, 6) is 0.249. The highest BCUT2D eigenvalue weighted by molar-refractivity contribution is 7.10. The number of amides is 2. The Labute approximate surface area is 242 Å². The van der Waals surface area contributed by atoms with Gasteiger partial charge >= 0.3 is 0 Å². The lowest BCUT2D eigenvalue weighted by molar-refractivity contribution is -0.136. The van der Waals surface area contributed by atoms with E-state index >= 15 is 0 Å². The van der Waals surface area contributed by atoms with Gasteiger partial charge in [-0.3, -0.25) is 14.5 Å². The zero-order valence-corrected chi connectivity index (χ0v) is 25.1. The van der Waals surface area contributed by atoms with Gasteiger partial charge in [0.15, 0.2) is 0 Å². The highest BCUT2D eigenvalue weighted by Gasteiger charge is 2.21. The van der Waals surface area contributed by atoms with Crippen LogP contribution in [0.4, 0.5) is 0 Å². The lowest BCUT2D eigenvalue weighted by atomic mass is 10.2. The molecule has 0 fully saturated rings. The maximum atomic E-state index is 13.6. The van der Waals surface area contributed by atoms with Crippen molar-refractivity contribution in [3.8, 4) is 0 Å². The number of carbonyl (C=O) groups is 2. The molecule has 4 heterocycles. The van der Waals surface area contributed by atoms with E-state index in [1.165, 1.54) is 19.5 Å². The number of unbranched alkanes of at least 4 members (excludes halogenated alkanes) is 1. The molecule has 38 heavy (non-hydrogen) atoms. The lowest BCUT2D eigenvalue weighted by Crippen LogP contribution is -2.41. The molecular weight excluding hydrogens is 551 g/mol. The van der Waals surface area contributed by atoms with Crippen molar-refractivity contribution in [3.63, 3.8) is 0 Å². The Morgan fingerprint density at radius 3 is 1.42 bits per heavy atom. The predicted octanol–water partition coefficient (Wildman–Crippen LogP) is 7.18. The molecule has 2 amide bonds. The second kappa shape index (κ2) is 15.3. The summed E-state index contributed by atoms with van der Waals surface area (Å²) in [4.78, 5) is 37.8. The van der Waals surface area contributed by atoms with E-state index in [-0.39, 0.29) is 11.8 Å². The van der Waals surface area contributed by atoms with Crippen molar-refractivity contribution < 1.29 is 9.59 Å². The average molecular weight is 586 g/mol. The molecule has 0 aliphatic rings. The Balaban J connectivity index is 1.39. The largest absolute Gasteiger partial charge is 0.332 e. The Morgan fingerprint density at radius 1 is 0.632 bits per heavy atom. The van der Waals surface area contributed by atoms with Crippen LogP contribution in [0.2, 0.25) is 0 Å². The molecule has 0 spiro atoms. The second-order valence-corrected chi connectivity index (χ2v) is 13.3. The van der Waals surface area contributed by atoms with E-state index in [0.717, 1.165) is 19.4 Å². The number of carbonyl (C=O) groups excluding carboxylic acids is 2. The molecule has 5 nitrogen and oxygen atoms in total. The molecule has 9 heteroatoms. The maximum Gasteiger partial charge on any atom is 0.237 e. The fourth-order valence-electron chi connectivity index (χ4n) is 4.18. The minimum Gasteiger partial charge on any atom is -0.332 e. The topological polar surface area (TPSA) is 43.9 Å². The molecule has 0 bridgehead atoms. The van der Waals surface area contributed by atoms with Crippen molar-refractivity contribution >= 4 is 57.2 Å². The molecule has 0 saturated carbocycles. The molecule has 4 aromatic heterocycles. The first-order valence-corrected chi connectivity index (χ1v) is 16.5. The van der Waals surface area contributed by atoms with Gasteiger partial charge in [-0.25, -0.2) is 0 Å². The molecule has 0 unspecified atom stereocenters. The summed E-state index contributed by atoms with van der Waals surface area (Å²) in [7, 11) is 0. The van der Waals surface area contributed by atoms with Gasteiger partial charge in [0.25, 0.3) is 0 Å². The van der Waals surface area contributed by atoms with Crippen molar-refractivity contribution in [2.45, 2.75) is 52.4 Å². The number of nitrogens with zero attached hydrogens (tertiary/aromatic N) is 3. The normalized spacial score (nSPS) is 11.2. The van der Waals surface area contributed by atoms with E-state index in [2.05, 4.69) is 57.6 Å². The maximum absolute atomic E-state index is 13.6. The third-order valence-electron chi connectivity index (χ3n) is 6.24. The van der Waals surface area contributed by atoms with E-state index in [4.69, 9.17) is 0 Å². The Bertz CT molecular complexity index is 1120. The fourth-order valence-corrected chi connectivity index (χ4v) is 7.06. The minimum atomic E-state index is 0.115. The van der Waals surface area contributed by atoms with Gasteiger partial charge in [0.2, 0.25) is 11.8 Å². The van der Waals surface area contributed by atoms with Gasteiger partial charge in [0.1, 0.15) is 0 Å². The van der Waals surface area contributed by atoms with Crippen LogP contribution in [0.15, 0.2) is 70.1 Å². The lowest BCUT2D eigenvalue weighted by Gasteiger charge is -2.28. The molecule has 0 saturated heterocycles. The monoisotopic (exact) mass is 585 g/mol. The molecule has 4 aromatic rings. The summed E-state index contributed by atoms with van der Waals surface area (Å²) >= 11 is 6.73. The smallest absolute Gasteiger partial charge is 0.237 e. The first kappa shape index (κ1) is 28.7. The molecule has 0 N–H and O–H groups in total. The van der Waals surface area contributed by atoms with Crippen molar-refractivity contribution in [1.82, 2.24) is 14.7 Å². The highest BCUT2D eigenvalue weighted by Crippen LogP contribution is 2.20. The van der Waals surface area contributed by atoms with Crippen LogP contribution >= 0.6 is 45.3 Å². The zero-order chi connectivity index (χ0) is 26.6. The summed E-state index contributed by atoms with van der Waals surface area (Å²) in [6, 6.07) is 16.5. The standard InChI is InChI=1S/C29H35N3O2S4/c1-2-3-13-30(23-29(34)32(21-26-10-6-17-37-26)22-27-11-7-18-38-27)14-12-28(33)31(19-24-8-4-15-35-24)20-25-9-5-16-36-25/h4-11,15-18H,2-3,12-14,19-23H2,1H3. The van der Waals surface area contributed by atoms with Crippen LogP contribution in [-0.4, -0.2) is 46.1 Å². The third kappa shape index (κ3) is 9.17. The van der Waals surface area contributed by atoms with Gasteiger partial charge < -0.3 is 9.80 Å². The van der Waals surface area contributed by atoms with Crippen LogP contribution < -0.4 is 0 Å². The van der Waals surface area contributed by atoms with Crippen molar-refractivity contribution in [2.24, 2.45) is 0 Å². The quantitative estimate of drug-likeness (QED) is 0.140. The summed E-state index contributed by atoms with van der Waals surface area (Å²) in [6.45, 7) is 6.37. The number of rotatable bonds is 16. The van der Waals surface area contributed by atoms with E-state index in [0.29, 0.717) is 45.7 Å². The summed E-state index contributed by atoms with van der Waals surface area (Å²) in [5, 5.41) is 8.22. The van der Waals surface area contributed by atoms with Gasteiger partial charge in [0.05, 0.1) is 32.7 Å². The first-order chi connectivity index (χ1) is 18.6. The Hall–Kier alpha value is -2.30. The van der Waals surface area contributed by atoms with Crippen LogP contribution in [-0.2, 0) is 35.8 Å². The van der Waals surface area contributed by atoms with Crippen LogP contribution in [0.3, 0.4) is 0 Å². The SMILES string of the molecule is CCCCN(CCC(=O)N(Cc1cccs1)Cc1cccs1)CC(=O)N(Cc1cccs1)Cc1cccs1. The highest BCUT2D eigenvalue weighted by atomic mass is 32.1. The predicted molar refractivity (Wildman–Crippen MR) is 162 cm³/mol. The molecular formula is C29H35N3O2S4. The molecule has 202 valence electrons. The first-order valence-electron chi connectivity index (χ1n) is 13.0. The van der Waals surface area contributed by atoms with Crippen molar-refractivity contribution in [2.75, 3.05) is 19.6 Å². The van der Waals surface area contributed by atoms with E-state index in [1.54, 1.807) is 45.3 Å².